The van der Waals surface area contributed by atoms with Crippen LogP contribution in [0.5, 0.6) is 5.75 Å². The third-order valence-corrected chi connectivity index (χ3v) is 7.88. The van der Waals surface area contributed by atoms with Crippen molar-refractivity contribution in [3.8, 4) is 5.75 Å². The Morgan fingerprint density at radius 2 is 1.71 bits per heavy atom. The molecule has 1 atom stereocenters. The number of ether oxygens (including phenoxy) is 1. The number of benzene rings is 2. The number of carbonyl (C=O) groups excluding carboxylic acids is 2. The van der Waals surface area contributed by atoms with Crippen LogP contribution < -0.4 is 10.1 Å². The summed E-state index contributed by atoms with van der Waals surface area (Å²) in [6, 6.07) is 16.0. The fourth-order valence-electron chi connectivity index (χ4n) is 4.26. The molecule has 3 rings (SSSR count). The van der Waals surface area contributed by atoms with Gasteiger partial charge in [-0.1, -0.05) is 49.4 Å². The van der Waals surface area contributed by atoms with Crippen molar-refractivity contribution in [1.29, 1.82) is 0 Å². The Hall–Kier alpha value is -1.93. The molecule has 2 aromatic rings. The van der Waals surface area contributed by atoms with Crippen LogP contribution in [0.3, 0.4) is 0 Å². The van der Waals surface area contributed by atoms with E-state index in [0.29, 0.717) is 18.0 Å². The van der Waals surface area contributed by atoms with Crippen molar-refractivity contribution in [1.82, 2.24) is 0 Å². The van der Waals surface area contributed by atoms with Gasteiger partial charge in [-0.05, 0) is 66.8 Å². The summed E-state index contributed by atoms with van der Waals surface area (Å²) >= 11 is 2.52. The molecule has 1 heterocycles. The Bertz CT molecular complexity index is 893. The van der Waals surface area contributed by atoms with E-state index in [0.717, 1.165) is 36.0 Å². The number of halogens is 1. The van der Waals surface area contributed by atoms with Crippen molar-refractivity contribution < 1.29 is 18.8 Å². The minimum Gasteiger partial charge on any atom is -0.424 e. The number of hydrogen-bond donors (Lipinski definition) is 1. The molecule has 0 saturated carbocycles. The quantitative estimate of drug-likeness (QED) is 0.122. The van der Waals surface area contributed by atoms with Crippen LogP contribution in [-0.4, -0.2) is 36.0 Å². The number of alkyl halides is 1. The molecule has 5 nitrogen and oxygen atoms in total. The summed E-state index contributed by atoms with van der Waals surface area (Å²) < 4.78 is 6.42. The van der Waals surface area contributed by atoms with Crippen LogP contribution in [0.4, 0.5) is 5.69 Å². The third-order valence-electron chi connectivity index (χ3n) is 5.98. The van der Waals surface area contributed by atoms with E-state index in [1.807, 2.05) is 25.1 Å². The fourth-order valence-corrected chi connectivity index (χ4v) is 5.43. The van der Waals surface area contributed by atoms with Crippen LogP contribution in [0.25, 0.3) is 0 Å². The monoisotopic (exact) mass is 535 g/mol. The Balaban J connectivity index is 1.84. The number of likely N-dealkylation sites (tertiary alicyclic amines) is 1. The second kappa shape index (κ2) is 11.1. The normalized spacial score (nSPS) is 16.7. The van der Waals surface area contributed by atoms with E-state index in [9.17, 15) is 9.59 Å². The maximum atomic E-state index is 13.3. The Labute approximate surface area is 198 Å². The Morgan fingerprint density at radius 3 is 2.35 bits per heavy atom. The van der Waals surface area contributed by atoms with E-state index >= 15 is 0 Å². The molecule has 31 heavy (non-hydrogen) atoms. The van der Waals surface area contributed by atoms with E-state index in [1.54, 1.807) is 13.0 Å². The molecule has 2 aromatic carbocycles. The largest absolute Gasteiger partial charge is 0.424 e. The lowest BCUT2D eigenvalue weighted by molar-refractivity contribution is -0.930. The van der Waals surface area contributed by atoms with Gasteiger partial charge in [-0.2, -0.15) is 0 Å². The van der Waals surface area contributed by atoms with Gasteiger partial charge >= 0.3 is 5.97 Å². The van der Waals surface area contributed by atoms with Gasteiger partial charge in [0.1, 0.15) is 0 Å². The molecule has 0 radical (unpaired) electrons. The third kappa shape index (κ3) is 6.07. The van der Waals surface area contributed by atoms with E-state index < -0.39 is 0 Å². The highest BCUT2D eigenvalue weighted by Crippen LogP contribution is 2.38. The minimum atomic E-state index is -0.312. The lowest BCUT2D eigenvalue weighted by atomic mass is 10.1. The predicted octanol–water partition coefficient (Wildman–Crippen LogP) is 5.77. The first kappa shape index (κ1) is 23.7. The molecule has 166 valence electrons. The molecule has 0 spiro atoms. The first-order valence-corrected chi connectivity index (χ1v) is 12.3. The van der Waals surface area contributed by atoms with Crippen LogP contribution in [-0.2, 0) is 9.59 Å². The van der Waals surface area contributed by atoms with E-state index in [4.69, 9.17) is 4.74 Å². The van der Waals surface area contributed by atoms with Crippen LogP contribution >= 0.6 is 22.6 Å². The average Bonchev–Trinajstić information content (AvgIpc) is 3.02. The van der Waals surface area contributed by atoms with Gasteiger partial charge in [0.25, 0.3) is 5.91 Å². The summed E-state index contributed by atoms with van der Waals surface area (Å²) in [4.78, 5) is 25.2. The van der Waals surface area contributed by atoms with Gasteiger partial charge in [0.15, 0.2) is 16.3 Å². The molecule has 1 saturated heterocycles. The number of rotatable bonds is 7. The number of aryl methyl sites for hydroxylation is 1. The van der Waals surface area contributed by atoms with Crippen molar-refractivity contribution in [2.75, 3.05) is 25.0 Å². The standard InChI is InChI=1S/C25H31IN2O3/c1-3-23(30)31-21-15-11-12-19(2)24(21)27-22(29)18-28(16-9-4-5-10-17-28)25(26)20-13-7-6-8-14-20/h6-8,11-15,25H,3-5,9-10,16-18H2,1-2H3/p+1. The van der Waals surface area contributed by atoms with E-state index in [1.165, 1.54) is 18.4 Å². The summed E-state index contributed by atoms with van der Waals surface area (Å²) in [6.07, 6.45) is 4.98. The van der Waals surface area contributed by atoms with Gasteiger partial charge < -0.3 is 14.5 Å². The van der Waals surface area contributed by atoms with Gasteiger partial charge in [-0.15, -0.1) is 0 Å². The molecule has 1 aliphatic rings. The van der Waals surface area contributed by atoms with Crippen LogP contribution in [0.1, 0.15) is 54.2 Å². The summed E-state index contributed by atoms with van der Waals surface area (Å²) in [7, 11) is 0. The number of quaternary nitrogens is 1. The minimum absolute atomic E-state index is 0.0393. The number of carbonyl (C=O) groups is 2. The molecular weight excluding hydrogens is 503 g/mol. The zero-order valence-electron chi connectivity index (χ0n) is 18.4. The van der Waals surface area contributed by atoms with Crippen LogP contribution in [0.15, 0.2) is 48.5 Å². The average molecular weight is 535 g/mol. The SMILES string of the molecule is CCC(=O)Oc1cccc(C)c1NC(=O)C[N+]1(C(I)c2ccccc2)CCCCCC1. The van der Waals surface area contributed by atoms with Gasteiger partial charge in [0.05, 0.1) is 18.8 Å². The molecule has 6 heteroatoms. The Morgan fingerprint density at radius 1 is 1.03 bits per heavy atom. The van der Waals surface area contributed by atoms with Gasteiger partial charge in [0.2, 0.25) is 0 Å². The van der Waals surface area contributed by atoms with Crippen LogP contribution in [0.2, 0.25) is 0 Å². The second-order valence-electron chi connectivity index (χ2n) is 8.31. The first-order chi connectivity index (χ1) is 14.9. The number of anilines is 1. The fraction of sp³-hybridized carbons (Fsp3) is 0.440. The first-order valence-electron chi connectivity index (χ1n) is 11.1. The lowest BCUT2D eigenvalue weighted by Crippen LogP contribution is -2.53. The highest BCUT2D eigenvalue weighted by atomic mass is 127. The zero-order valence-corrected chi connectivity index (χ0v) is 20.6. The second-order valence-corrected chi connectivity index (χ2v) is 9.49. The summed E-state index contributed by atoms with van der Waals surface area (Å²) in [5, 5.41) is 3.07. The predicted molar refractivity (Wildman–Crippen MR) is 132 cm³/mol. The molecule has 1 amide bonds. The van der Waals surface area contributed by atoms with Gasteiger partial charge in [-0.25, -0.2) is 0 Å². The molecule has 0 aromatic heterocycles. The number of hydrogen-bond acceptors (Lipinski definition) is 3. The summed E-state index contributed by atoms with van der Waals surface area (Å²) in [5.74, 6) is 0.0628. The summed E-state index contributed by atoms with van der Waals surface area (Å²) in [5.41, 5.74) is 2.73. The molecule has 1 fully saturated rings. The van der Waals surface area contributed by atoms with Crippen molar-refractivity contribution in [3.63, 3.8) is 0 Å². The smallest absolute Gasteiger partial charge is 0.310 e. The van der Waals surface area contributed by atoms with E-state index in [-0.39, 0.29) is 22.3 Å². The highest BCUT2D eigenvalue weighted by molar-refractivity contribution is 14.1. The molecule has 1 N–H and O–H groups in total. The van der Waals surface area contributed by atoms with Gasteiger partial charge in [-0.3, -0.25) is 9.59 Å². The number of nitrogens with one attached hydrogen (secondary N) is 1. The van der Waals surface area contributed by atoms with Crippen molar-refractivity contribution in [2.24, 2.45) is 0 Å². The molecular formula is C25H32IN2O3+. The van der Waals surface area contributed by atoms with Gasteiger partial charge in [0, 0.05) is 12.0 Å². The molecule has 0 bridgehead atoms. The lowest BCUT2D eigenvalue weighted by Gasteiger charge is -2.41. The van der Waals surface area contributed by atoms with Crippen LogP contribution in [0, 0.1) is 6.92 Å². The number of esters is 1. The number of amides is 1. The maximum absolute atomic E-state index is 13.3. The number of para-hydroxylation sites is 1. The maximum Gasteiger partial charge on any atom is 0.310 e. The highest BCUT2D eigenvalue weighted by Gasteiger charge is 2.39. The number of nitrogens with zero attached hydrogens (tertiary/aromatic N) is 1. The molecule has 1 aliphatic heterocycles. The Kier molecular flexibility index (Phi) is 8.49. The van der Waals surface area contributed by atoms with E-state index in [2.05, 4.69) is 52.2 Å². The molecule has 1 unspecified atom stereocenters. The zero-order chi connectivity index (χ0) is 22.3. The van der Waals surface area contributed by atoms with Crippen molar-refractivity contribution in [3.05, 3.63) is 59.7 Å². The van der Waals surface area contributed by atoms with Crippen molar-refractivity contribution in [2.45, 2.75) is 50.0 Å². The molecule has 0 aliphatic carbocycles. The van der Waals surface area contributed by atoms with Crippen molar-refractivity contribution >= 4 is 40.2 Å². The topological polar surface area (TPSA) is 55.4 Å². The summed E-state index contributed by atoms with van der Waals surface area (Å²) in [6.45, 7) is 6.05.